The van der Waals surface area contributed by atoms with Crippen LogP contribution in [0.4, 0.5) is 34.1 Å². The van der Waals surface area contributed by atoms with E-state index in [4.69, 9.17) is 0 Å². The quantitative estimate of drug-likeness (QED) is 0.124. The van der Waals surface area contributed by atoms with Gasteiger partial charge in [0.05, 0.1) is 28.2 Å². The number of anilines is 6. The van der Waals surface area contributed by atoms with Crippen LogP contribution in [-0.4, -0.2) is 0 Å². The summed E-state index contributed by atoms with van der Waals surface area (Å²) < 4.78 is 0. The minimum Gasteiger partial charge on any atom is -0.354 e. The number of rotatable bonds is 0. The fraction of sp³-hybridized carbons (Fsp3) is 0.0345. The molecule has 13 rings (SSSR count). The lowest BCUT2D eigenvalue weighted by molar-refractivity contribution is 0.701. The lowest BCUT2D eigenvalue weighted by Crippen LogP contribution is -2.43. The number of benzene rings is 10. The Labute approximate surface area is 360 Å². The second-order valence-electron chi connectivity index (χ2n) is 16.8. The van der Waals surface area contributed by atoms with Gasteiger partial charge in [-0.3, -0.25) is 0 Å². The van der Waals surface area contributed by atoms with Crippen LogP contribution in [0.25, 0.3) is 43.8 Å². The summed E-state index contributed by atoms with van der Waals surface area (Å²) in [5.74, 6) is 0. The molecule has 3 aliphatic rings. The van der Waals surface area contributed by atoms with Gasteiger partial charge in [0.25, 0.3) is 0 Å². The van der Waals surface area contributed by atoms with Gasteiger partial charge in [-0.15, -0.1) is 0 Å². The predicted octanol–water partition coefficient (Wildman–Crippen LogP) is 14.6. The first kappa shape index (κ1) is 34.8. The van der Waals surface area contributed by atoms with Crippen LogP contribution >= 0.6 is 0 Å². The lowest BCUT2D eigenvalue weighted by atomic mass is 9.67. The molecule has 4 bridgehead atoms. The molecule has 0 saturated heterocycles. The molecule has 0 atom stereocenters. The second-order valence-corrected chi connectivity index (χ2v) is 16.8. The Bertz CT molecular complexity index is 3230. The molecule has 292 valence electrons. The Morgan fingerprint density at radius 2 is 0.613 bits per heavy atom. The van der Waals surface area contributed by atoms with Gasteiger partial charge in [-0.2, -0.15) is 0 Å². The largest absolute Gasteiger partial charge is 0.354 e. The van der Waals surface area contributed by atoms with Gasteiger partial charge in [-0.05, 0) is 115 Å². The number of fused-ring (bicyclic) bond motifs is 20. The summed E-state index contributed by atoms with van der Waals surface area (Å²) in [5.41, 5.74) is 16.7. The molecule has 0 radical (unpaired) electrons. The van der Waals surface area contributed by atoms with E-state index in [2.05, 4.69) is 240 Å². The molecule has 4 N–H and O–H groups in total. The van der Waals surface area contributed by atoms with Crippen molar-refractivity contribution >= 4 is 55.7 Å². The standard InChI is InChI=1S/C58H40N4/c1-3-17-39-33-55-53(31-37(39)15-1)59-43-21-13-19-41(35-43)57(49-27-9-5-23-45(49)46-24-6-10-28-50(46)57)42-20-14-22-44(36-42)60-54-32-38-16-2-4-18-40(38)34-56(54)62-58(61-55)51-29-11-7-25-47(51)48-26-8-12-30-52(48)58/h1-36,59-62H. The Morgan fingerprint density at radius 3 is 1.03 bits per heavy atom. The Morgan fingerprint density at radius 1 is 0.274 bits per heavy atom. The molecular weight excluding hydrogens is 753 g/mol. The van der Waals surface area contributed by atoms with E-state index in [1.165, 1.54) is 44.5 Å². The highest BCUT2D eigenvalue weighted by molar-refractivity contribution is 5.98. The maximum atomic E-state index is 4.24. The van der Waals surface area contributed by atoms with Crippen molar-refractivity contribution in [2.24, 2.45) is 0 Å². The summed E-state index contributed by atoms with van der Waals surface area (Å²) in [5, 5.41) is 21.1. The lowest BCUT2D eigenvalue weighted by Gasteiger charge is -2.38. The molecule has 4 heteroatoms. The van der Waals surface area contributed by atoms with E-state index in [1.807, 2.05) is 0 Å². The predicted molar refractivity (Wildman–Crippen MR) is 258 cm³/mol. The molecule has 2 spiro atoms. The fourth-order valence-corrected chi connectivity index (χ4v) is 10.8. The average Bonchev–Trinajstić information content (AvgIpc) is 3.77. The van der Waals surface area contributed by atoms with Crippen LogP contribution in [0.15, 0.2) is 218 Å². The van der Waals surface area contributed by atoms with Crippen LogP contribution in [-0.2, 0) is 11.1 Å². The highest BCUT2D eigenvalue weighted by Crippen LogP contribution is 2.57. The zero-order valence-electron chi connectivity index (χ0n) is 33.8. The fourth-order valence-electron chi connectivity index (χ4n) is 10.8. The van der Waals surface area contributed by atoms with Crippen LogP contribution in [0.2, 0.25) is 0 Å². The highest BCUT2D eigenvalue weighted by Gasteiger charge is 2.47. The molecule has 10 aromatic rings. The molecule has 0 fully saturated rings. The molecule has 0 unspecified atom stereocenters. The van der Waals surface area contributed by atoms with E-state index in [0.717, 1.165) is 66.8 Å². The molecule has 0 aromatic heterocycles. The summed E-state index contributed by atoms with van der Waals surface area (Å²) in [6.45, 7) is 0. The molecule has 1 aliphatic heterocycles. The minimum atomic E-state index is -0.868. The summed E-state index contributed by atoms with van der Waals surface area (Å²) in [6.07, 6.45) is 0. The molecule has 1 heterocycles. The third kappa shape index (κ3) is 5.01. The van der Waals surface area contributed by atoms with Crippen LogP contribution in [0.5, 0.6) is 0 Å². The van der Waals surface area contributed by atoms with E-state index in [1.54, 1.807) is 0 Å². The van der Waals surface area contributed by atoms with Crippen molar-refractivity contribution < 1.29 is 0 Å². The Balaban J connectivity index is 1.13. The van der Waals surface area contributed by atoms with Gasteiger partial charge in [0.2, 0.25) is 0 Å². The van der Waals surface area contributed by atoms with E-state index in [9.17, 15) is 0 Å². The monoisotopic (exact) mass is 792 g/mol. The maximum Gasteiger partial charge on any atom is 0.162 e. The third-order valence-corrected chi connectivity index (χ3v) is 13.5. The first-order chi connectivity index (χ1) is 30.7. The zero-order valence-corrected chi connectivity index (χ0v) is 33.8. The molecule has 0 amide bonds. The smallest absolute Gasteiger partial charge is 0.162 e. The summed E-state index contributed by atoms with van der Waals surface area (Å²) in [4.78, 5) is 0. The number of nitrogens with one attached hydrogen (secondary N) is 4. The molecule has 0 saturated carbocycles. The van der Waals surface area contributed by atoms with Gasteiger partial charge in [0.15, 0.2) is 5.66 Å². The first-order valence-corrected chi connectivity index (χ1v) is 21.4. The number of hydrogen-bond acceptors (Lipinski definition) is 4. The average molecular weight is 793 g/mol. The number of hydrogen-bond donors (Lipinski definition) is 4. The topological polar surface area (TPSA) is 48.1 Å². The summed E-state index contributed by atoms with van der Waals surface area (Å²) in [6, 6.07) is 80.1. The van der Waals surface area contributed by atoms with Crippen molar-refractivity contribution in [3.05, 3.63) is 252 Å². The highest BCUT2D eigenvalue weighted by atomic mass is 15.2. The van der Waals surface area contributed by atoms with Gasteiger partial charge in [-0.1, -0.05) is 170 Å². The van der Waals surface area contributed by atoms with Crippen LogP contribution in [0.1, 0.15) is 33.4 Å². The first-order valence-electron chi connectivity index (χ1n) is 21.4. The van der Waals surface area contributed by atoms with E-state index in [0.29, 0.717) is 0 Å². The molecule has 4 nitrogen and oxygen atoms in total. The molecule has 10 aromatic carbocycles. The van der Waals surface area contributed by atoms with Gasteiger partial charge in [0, 0.05) is 22.5 Å². The summed E-state index contributed by atoms with van der Waals surface area (Å²) >= 11 is 0. The van der Waals surface area contributed by atoms with Crippen molar-refractivity contribution in [1.82, 2.24) is 0 Å². The summed E-state index contributed by atoms with van der Waals surface area (Å²) in [7, 11) is 0. The van der Waals surface area contributed by atoms with Crippen LogP contribution in [0.3, 0.4) is 0 Å². The van der Waals surface area contributed by atoms with E-state index in [-0.39, 0.29) is 0 Å². The molecule has 2 aliphatic carbocycles. The van der Waals surface area contributed by atoms with Crippen molar-refractivity contribution in [2.75, 3.05) is 21.3 Å². The molecule has 62 heavy (non-hydrogen) atoms. The van der Waals surface area contributed by atoms with Crippen molar-refractivity contribution in [3.8, 4) is 22.3 Å². The van der Waals surface area contributed by atoms with Gasteiger partial charge in [-0.25, -0.2) is 0 Å². The van der Waals surface area contributed by atoms with Gasteiger partial charge >= 0.3 is 0 Å². The SMILES string of the molecule is c1cc2cc(c1)C1(c3cccc(c3)Nc3cc4ccccc4cc3NC3(Nc4cc5ccccc5cc4N2)c2ccccc2-c2ccccc23)c2ccccc2-c2ccccc21. The maximum absolute atomic E-state index is 4.24. The second kappa shape index (κ2) is 13.2. The zero-order chi connectivity index (χ0) is 40.8. The van der Waals surface area contributed by atoms with Crippen molar-refractivity contribution in [2.45, 2.75) is 11.1 Å². The van der Waals surface area contributed by atoms with E-state index >= 15 is 0 Å². The minimum absolute atomic E-state index is 0.587. The normalized spacial score (nSPS) is 14.6. The van der Waals surface area contributed by atoms with Gasteiger partial charge < -0.3 is 21.3 Å². The van der Waals surface area contributed by atoms with E-state index < -0.39 is 11.1 Å². The van der Waals surface area contributed by atoms with Crippen molar-refractivity contribution in [1.29, 1.82) is 0 Å². The van der Waals surface area contributed by atoms with Crippen LogP contribution in [0, 0.1) is 0 Å². The Hall–Kier alpha value is -8.08. The van der Waals surface area contributed by atoms with Gasteiger partial charge in [0.1, 0.15) is 0 Å². The third-order valence-electron chi connectivity index (χ3n) is 13.5. The Kier molecular flexibility index (Phi) is 7.40. The van der Waals surface area contributed by atoms with Crippen LogP contribution < -0.4 is 21.3 Å². The molecular formula is C58H40N4. The van der Waals surface area contributed by atoms with Crippen molar-refractivity contribution in [3.63, 3.8) is 0 Å².